The SMILES string of the molecule is CCC/C(=C(/c1ccc(OCCN(C)C)cc1)c1cccc(O)c1)c1ccccc1. The minimum atomic E-state index is 0.276. The molecule has 3 heteroatoms. The highest BCUT2D eigenvalue weighted by Gasteiger charge is 2.14. The maximum Gasteiger partial charge on any atom is 0.119 e. The number of aromatic hydroxyl groups is 1. The van der Waals surface area contributed by atoms with Crippen LogP contribution in [-0.4, -0.2) is 37.3 Å². The first-order valence-electron chi connectivity index (χ1n) is 10.5. The van der Waals surface area contributed by atoms with E-state index in [1.165, 1.54) is 11.1 Å². The highest BCUT2D eigenvalue weighted by molar-refractivity contribution is 5.98. The first kappa shape index (κ1) is 21.7. The number of rotatable bonds is 9. The van der Waals surface area contributed by atoms with Gasteiger partial charge in [0.1, 0.15) is 18.1 Å². The van der Waals surface area contributed by atoms with Gasteiger partial charge in [-0.1, -0.05) is 67.9 Å². The summed E-state index contributed by atoms with van der Waals surface area (Å²) in [6, 6.07) is 26.3. The Morgan fingerprint density at radius 2 is 1.53 bits per heavy atom. The molecular weight excluding hydrogens is 370 g/mol. The van der Waals surface area contributed by atoms with Crippen LogP contribution in [0.3, 0.4) is 0 Å². The number of phenolic OH excluding ortho intramolecular Hbond substituents is 1. The minimum absolute atomic E-state index is 0.276. The molecule has 3 aromatic carbocycles. The third-order valence-electron chi connectivity index (χ3n) is 5.01. The predicted molar refractivity (Wildman–Crippen MR) is 126 cm³/mol. The molecular formula is C27H31NO2. The van der Waals surface area contributed by atoms with E-state index in [9.17, 15) is 5.11 Å². The van der Waals surface area contributed by atoms with Crippen molar-refractivity contribution in [1.82, 2.24) is 4.90 Å². The van der Waals surface area contributed by atoms with Crippen molar-refractivity contribution in [3.05, 3.63) is 95.6 Å². The zero-order valence-corrected chi connectivity index (χ0v) is 18.1. The standard InChI is InChI=1S/C27H31NO2/c1-4-9-26(21-10-6-5-7-11-21)27(23-12-8-13-24(29)20-23)22-14-16-25(17-15-22)30-19-18-28(2)3/h5-8,10-17,20,29H,4,9,18-19H2,1-3H3/b27-26+. The lowest BCUT2D eigenvalue weighted by molar-refractivity contribution is 0.261. The minimum Gasteiger partial charge on any atom is -0.508 e. The number of nitrogens with zero attached hydrogens (tertiary/aromatic N) is 1. The fraction of sp³-hybridized carbons (Fsp3) is 0.259. The molecule has 3 rings (SSSR count). The number of ether oxygens (including phenoxy) is 1. The summed E-state index contributed by atoms with van der Waals surface area (Å²) in [4.78, 5) is 2.11. The molecule has 0 spiro atoms. The van der Waals surface area contributed by atoms with Gasteiger partial charge in [0.25, 0.3) is 0 Å². The lowest BCUT2D eigenvalue weighted by Gasteiger charge is -2.18. The third kappa shape index (κ3) is 5.74. The van der Waals surface area contributed by atoms with Crippen LogP contribution in [-0.2, 0) is 0 Å². The van der Waals surface area contributed by atoms with Crippen molar-refractivity contribution in [2.75, 3.05) is 27.2 Å². The van der Waals surface area contributed by atoms with E-state index in [4.69, 9.17) is 4.74 Å². The molecule has 3 nitrogen and oxygen atoms in total. The van der Waals surface area contributed by atoms with Crippen LogP contribution in [0, 0.1) is 0 Å². The summed E-state index contributed by atoms with van der Waals surface area (Å²) >= 11 is 0. The Labute approximate surface area is 180 Å². The normalized spacial score (nSPS) is 12.0. The molecule has 156 valence electrons. The zero-order chi connectivity index (χ0) is 21.3. The second-order valence-electron chi connectivity index (χ2n) is 7.70. The van der Waals surface area contributed by atoms with Gasteiger partial charge >= 0.3 is 0 Å². The Balaban J connectivity index is 2.06. The Morgan fingerprint density at radius 1 is 0.833 bits per heavy atom. The molecule has 0 aliphatic rings. The summed E-state index contributed by atoms with van der Waals surface area (Å²) < 4.78 is 5.87. The first-order chi connectivity index (χ1) is 14.6. The summed E-state index contributed by atoms with van der Waals surface area (Å²) in [7, 11) is 4.08. The van der Waals surface area contributed by atoms with Gasteiger partial charge in [0.05, 0.1) is 0 Å². The van der Waals surface area contributed by atoms with Gasteiger partial charge in [0.15, 0.2) is 0 Å². The number of benzene rings is 3. The largest absolute Gasteiger partial charge is 0.508 e. The number of hydrogen-bond donors (Lipinski definition) is 1. The summed E-state index contributed by atoms with van der Waals surface area (Å²) in [6.45, 7) is 3.74. The van der Waals surface area contributed by atoms with Gasteiger partial charge in [-0.25, -0.2) is 0 Å². The smallest absolute Gasteiger partial charge is 0.119 e. The van der Waals surface area contributed by atoms with Gasteiger partial charge in [-0.05, 0) is 72.6 Å². The van der Waals surface area contributed by atoms with Crippen LogP contribution in [0.4, 0.5) is 0 Å². The van der Waals surface area contributed by atoms with Crippen LogP contribution < -0.4 is 4.74 Å². The van der Waals surface area contributed by atoms with Gasteiger partial charge in [0, 0.05) is 6.54 Å². The topological polar surface area (TPSA) is 32.7 Å². The number of phenols is 1. The zero-order valence-electron chi connectivity index (χ0n) is 18.1. The highest BCUT2D eigenvalue weighted by Crippen LogP contribution is 2.36. The second-order valence-corrected chi connectivity index (χ2v) is 7.70. The van der Waals surface area contributed by atoms with Gasteiger partial charge in [0.2, 0.25) is 0 Å². The molecule has 0 bridgehead atoms. The van der Waals surface area contributed by atoms with Crippen molar-refractivity contribution in [3.8, 4) is 11.5 Å². The van der Waals surface area contributed by atoms with Crippen molar-refractivity contribution in [1.29, 1.82) is 0 Å². The molecule has 0 unspecified atom stereocenters. The van der Waals surface area contributed by atoms with Crippen LogP contribution >= 0.6 is 0 Å². The average Bonchev–Trinajstić information content (AvgIpc) is 2.75. The van der Waals surface area contributed by atoms with E-state index in [1.54, 1.807) is 6.07 Å². The van der Waals surface area contributed by atoms with Crippen LogP contribution in [0.5, 0.6) is 11.5 Å². The number of likely N-dealkylation sites (N-methyl/N-ethyl adjacent to an activating group) is 1. The second kappa shape index (κ2) is 10.7. The lowest BCUT2D eigenvalue weighted by atomic mass is 9.87. The van der Waals surface area contributed by atoms with Gasteiger partial charge in [-0.15, -0.1) is 0 Å². The summed E-state index contributed by atoms with van der Waals surface area (Å²) in [5.41, 5.74) is 5.78. The van der Waals surface area contributed by atoms with Gasteiger partial charge < -0.3 is 14.7 Å². The van der Waals surface area contributed by atoms with Crippen LogP contribution in [0.25, 0.3) is 11.1 Å². The average molecular weight is 402 g/mol. The fourth-order valence-corrected chi connectivity index (χ4v) is 3.54. The van der Waals surface area contributed by atoms with E-state index in [2.05, 4.69) is 54.3 Å². The molecule has 1 N–H and O–H groups in total. The van der Waals surface area contributed by atoms with Crippen LogP contribution in [0.1, 0.15) is 36.5 Å². The van der Waals surface area contributed by atoms with Crippen molar-refractivity contribution in [2.24, 2.45) is 0 Å². The van der Waals surface area contributed by atoms with Crippen molar-refractivity contribution >= 4 is 11.1 Å². The van der Waals surface area contributed by atoms with Gasteiger partial charge in [-0.3, -0.25) is 0 Å². The van der Waals surface area contributed by atoms with E-state index >= 15 is 0 Å². The molecule has 0 fully saturated rings. The first-order valence-corrected chi connectivity index (χ1v) is 10.5. The van der Waals surface area contributed by atoms with Crippen molar-refractivity contribution < 1.29 is 9.84 Å². The van der Waals surface area contributed by atoms with Gasteiger partial charge in [-0.2, -0.15) is 0 Å². The molecule has 0 amide bonds. The Bertz CT molecular complexity index is 960. The maximum atomic E-state index is 10.1. The molecule has 0 heterocycles. The molecule has 0 aliphatic heterocycles. The number of allylic oxidation sites excluding steroid dienone is 1. The Kier molecular flexibility index (Phi) is 7.69. The van der Waals surface area contributed by atoms with Crippen LogP contribution in [0.15, 0.2) is 78.9 Å². The predicted octanol–water partition coefficient (Wildman–Crippen LogP) is 6.09. The molecule has 0 radical (unpaired) electrons. The molecule has 0 aliphatic carbocycles. The summed E-state index contributed by atoms with van der Waals surface area (Å²) in [5.74, 6) is 1.14. The molecule has 0 saturated heterocycles. The van der Waals surface area contributed by atoms with E-state index in [1.807, 2.05) is 44.4 Å². The summed E-state index contributed by atoms with van der Waals surface area (Å²) in [5, 5.41) is 10.1. The van der Waals surface area contributed by atoms with E-state index in [0.717, 1.165) is 41.8 Å². The molecule has 0 atom stereocenters. The Morgan fingerprint density at radius 3 is 2.17 bits per heavy atom. The monoisotopic (exact) mass is 401 g/mol. The maximum absolute atomic E-state index is 10.1. The lowest BCUT2D eigenvalue weighted by Crippen LogP contribution is -2.19. The molecule has 0 saturated carbocycles. The Hall–Kier alpha value is -3.04. The molecule has 30 heavy (non-hydrogen) atoms. The van der Waals surface area contributed by atoms with E-state index in [-0.39, 0.29) is 5.75 Å². The van der Waals surface area contributed by atoms with Crippen molar-refractivity contribution in [3.63, 3.8) is 0 Å². The fourth-order valence-electron chi connectivity index (χ4n) is 3.54. The van der Waals surface area contributed by atoms with Crippen LogP contribution in [0.2, 0.25) is 0 Å². The van der Waals surface area contributed by atoms with E-state index < -0.39 is 0 Å². The van der Waals surface area contributed by atoms with E-state index in [0.29, 0.717) is 6.61 Å². The third-order valence-corrected chi connectivity index (χ3v) is 5.01. The molecule has 3 aromatic rings. The molecule has 0 aromatic heterocycles. The number of hydrogen-bond acceptors (Lipinski definition) is 3. The highest BCUT2D eigenvalue weighted by atomic mass is 16.5. The van der Waals surface area contributed by atoms with Crippen molar-refractivity contribution in [2.45, 2.75) is 19.8 Å². The summed E-state index contributed by atoms with van der Waals surface area (Å²) in [6.07, 6.45) is 1.99. The quantitative estimate of drug-likeness (QED) is 0.440.